The molecule has 1 aromatic rings. The average Bonchev–Trinajstić information content (AvgIpc) is 2.55. The van der Waals surface area contributed by atoms with Gasteiger partial charge >= 0.3 is 0 Å². The van der Waals surface area contributed by atoms with Crippen LogP contribution in [-0.4, -0.2) is 35.3 Å². The molecule has 0 aliphatic carbocycles. The van der Waals surface area contributed by atoms with Crippen molar-refractivity contribution in [1.29, 1.82) is 0 Å². The molecule has 0 atom stereocenters. The predicted molar refractivity (Wildman–Crippen MR) is 94.1 cm³/mol. The Morgan fingerprint density at radius 1 is 1.29 bits per heavy atom. The zero-order valence-corrected chi connectivity index (χ0v) is 15.3. The summed E-state index contributed by atoms with van der Waals surface area (Å²) in [5.74, 6) is 0.633. The van der Waals surface area contributed by atoms with E-state index in [1.807, 2.05) is 4.90 Å². The van der Waals surface area contributed by atoms with Gasteiger partial charge in [0.2, 0.25) is 5.91 Å². The van der Waals surface area contributed by atoms with Crippen molar-refractivity contribution in [3.8, 4) is 5.75 Å². The van der Waals surface area contributed by atoms with Crippen molar-refractivity contribution in [2.24, 2.45) is 0 Å². The molecule has 2 heterocycles. The number of benzene rings is 1. The summed E-state index contributed by atoms with van der Waals surface area (Å²) < 4.78 is 6.18. The number of carbonyl (C=O) groups excluding carboxylic acids is 2. The van der Waals surface area contributed by atoms with Crippen molar-refractivity contribution in [2.45, 2.75) is 51.0 Å². The number of unbranched alkanes of at least 4 members (excludes halogenated alkanes) is 1. The Morgan fingerprint density at radius 2 is 2.00 bits per heavy atom. The van der Waals surface area contributed by atoms with Gasteiger partial charge in [0.1, 0.15) is 11.4 Å². The minimum Gasteiger partial charge on any atom is -0.484 e. The molecule has 130 valence electrons. The summed E-state index contributed by atoms with van der Waals surface area (Å²) >= 11 is 12.2. The number of amides is 1. The largest absolute Gasteiger partial charge is 0.484 e. The number of fused-ring (bicyclic) bond motifs is 1. The summed E-state index contributed by atoms with van der Waals surface area (Å²) in [5, 5.41) is 0.800. The van der Waals surface area contributed by atoms with Crippen molar-refractivity contribution in [2.75, 3.05) is 13.1 Å². The van der Waals surface area contributed by atoms with E-state index in [2.05, 4.69) is 6.92 Å². The maximum absolute atomic E-state index is 12.5. The maximum atomic E-state index is 12.5. The van der Waals surface area contributed by atoms with E-state index in [0.29, 0.717) is 60.1 Å². The van der Waals surface area contributed by atoms with Gasteiger partial charge in [-0.05, 0) is 18.6 Å². The molecule has 0 saturated carbocycles. The first-order chi connectivity index (χ1) is 11.4. The molecule has 0 aromatic heterocycles. The molecule has 0 radical (unpaired) electrons. The topological polar surface area (TPSA) is 46.6 Å². The molecule has 3 rings (SSSR count). The molecule has 6 heteroatoms. The van der Waals surface area contributed by atoms with Crippen LogP contribution in [0.5, 0.6) is 5.75 Å². The number of carbonyl (C=O) groups is 2. The van der Waals surface area contributed by atoms with Crippen LogP contribution in [0.3, 0.4) is 0 Å². The molecular weight excluding hydrogens is 349 g/mol. The van der Waals surface area contributed by atoms with Crippen LogP contribution in [0.25, 0.3) is 0 Å². The normalized spacial score (nSPS) is 19.1. The van der Waals surface area contributed by atoms with Crippen LogP contribution in [-0.2, 0) is 4.79 Å². The van der Waals surface area contributed by atoms with Gasteiger partial charge < -0.3 is 9.64 Å². The number of Topliss-reactive ketones (excluding diaryl/α,β-unsaturated/α-hetero) is 1. The lowest BCUT2D eigenvalue weighted by molar-refractivity contribution is -0.134. The molecular formula is C18H21Cl2NO3. The Labute approximate surface area is 152 Å². The van der Waals surface area contributed by atoms with Gasteiger partial charge in [0.15, 0.2) is 5.78 Å². The van der Waals surface area contributed by atoms with E-state index in [1.54, 1.807) is 12.1 Å². The van der Waals surface area contributed by atoms with Crippen molar-refractivity contribution >= 4 is 34.9 Å². The summed E-state index contributed by atoms with van der Waals surface area (Å²) in [6, 6.07) is 3.21. The number of halogens is 2. The Bertz CT molecular complexity index is 666. The number of ketones is 1. The predicted octanol–water partition coefficient (Wildman–Crippen LogP) is 4.51. The number of rotatable bonds is 3. The van der Waals surface area contributed by atoms with Crippen LogP contribution in [0.1, 0.15) is 55.8 Å². The van der Waals surface area contributed by atoms with Gasteiger partial charge in [0.25, 0.3) is 0 Å². The molecule has 0 N–H and O–H groups in total. The van der Waals surface area contributed by atoms with E-state index in [-0.39, 0.29) is 11.7 Å². The molecule has 1 spiro atoms. The Balaban J connectivity index is 1.73. The molecule has 0 unspecified atom stereocenters. The van der Waals surface area contributed by atoms with Crippen molar-refractivity contribution in [3.63, 3.8) is 0 Å². The number of likely N-dealkylation sites (tertiary alicyclic amines) is 1. The van der Waals surface area contributed by atoms with Crippen LogP contribution in [0.2, 0.25) is 10.0 Å². The van der Waals surface area contributed by atoms with Crippen LogP contribution in [0, 0.1) is 0 Å². The number of hydrogen-bond donors (Lipinski definition) is 0. The number of ether oxygens (including phenoxy) is 1. The smallest absolute Gasteiger partial charge is 0.222 e. The summed E-state index contributed by atoms with van der Waals surface area (Å²) in [5.41, 5.74) is -0.0945. The second-order valence-electron chi connectivity index (χ2n) is 6.63. The van der Waals surface area contributed by atoms with Crippen molar-refractivity contribution < 1.29 is 14.3 Å². The summed E-state index contributed by atoms with van der Waals surface area (Å²) in [4.78, 5) is 26.6. The van der Waals surface area contributed by atoms with E-state index >= 15 is 0 Å². The molecule has 2 aliphatic rings. The van der Waals surface area contributed by atoms with Gasteiger partial charge in [-0.1, -0.05) is 36.5 Å². The lowest BCUT2D eigenvalue weighted by Crippen LogP contribution is -2.52. The van der Waals surface area contributed by atoms with Gasteiger partial charge in [-0.15, -0.1) is 0 Å². The fraction of sp³-hybridized carbons (Fsp3) is 0.556. The van der Waals surface area contributed by atoms with Crippen LogP contribution in [0.4, 0.5) is 0 Å². The third-order valence-electron chi connectivity index (χ3n) is 4.88. The zero-order valence-electron chi connectivity index (χ0n) is 13.7. The van der Waals surface area contributed by atoms with Crippen molar-refractivity contribution in [3.05, 3.63) is 27.7 Å². The third kappa shape index (κ3) is 3.40. The first-order valence-corrected chi connectivity index (χ1v) is 9.19. The average molecular weight is 370 g/mol. The lowest BCUT2D eigenvalue weighted by atomic mass is 9.82. The first-order valence-electron chi connectivity index (χ1n) is 8.43. The first kappa shape index (κ1) is 17.6. The van der Waals surface area contributed by atoms with E-state index in [9.17, 15) is 9.59 Å². The quantitative estimate of drug-likeness (QED) is 0.787. The highest BCUT2D eigenvalue weighted by Gasteiger charge is 2.44. The lowest BCUT2D eigenvalue weighted by Gasteiger charge is -2.44. The molecule has 1 amide bonds. The summed E-state index contributed by atoms with van der Waals surface area (Å²) in [6.07, 6.45) is 4.13. The fourth-order valence-corrected chi connectivity index (χ4v) is 3.97. The second-order valence-corrected chi connectivity index (χ2v) is 7.48. The van der Waals surface area contributed by atoms with Crippen LogP contribution < -0.4 is 4.74 Å². The number of hydrogen-bond acceptors (Lipinski definition) is 3. The molecule has 1 aromatic carbocycles. The summed E-state index contributed by atoms with van der Waals surface area (Å²) in [6.45, 7) is 3.32. The highest BCUT2D eigenvalue weighted by Crippen LogP contribution is 2.44. The standard InChI is InChI=1S/C18H21Cl2NO3/c1-2-3-4-16(23)21-7-5-18(6-8-21)11-15(22)13-9-12(19)10-14(20)17(13)24-18/h9-10H,2-8,11H2,1H3. The van der Waals surface area contributed by atoms with Gasteiger partial charge in [-0.2, -0.15) is 0 Å². The Morgan fingerprint density at radius 3 is 2.67 bits per heavy atom. The number of nitrogens with zero attached hydrogens (tertiary/aromatic N) is 1. The van der Waals surface area contributed by atoms with Gasteiger partial charge in [-0.3, -0.25) is 9.59 Å². The van der Waals surface area contributed by atoms with Crippen LogP contribution >= 0.6 is 23.2 Å². The molecule has 4 nitrogen and oxygen atoms in total. The van der Waals surface area contributed by atoms with Gasteiger partial charge in [0, 0.05) is 37.4 Å². The second kappa shape index (κ2) is 6.93. The zero-order chi connectivity index (χ0) is 17.3. The number of piperidine rings is 1. The molecule has 24 heavy (non-hydrogen) atoms. The molecule has 0 bridgehead atoms. The van der Waals surface area contributed by atoms with E-state index in [1.165, 1.54) is 0 Å². The maximum Gasteiger partial charge on any atom is 0.222 e. The van der Waals surface area contributed by atoms with E-state index < -0.39 is 5.60 Å². The fourth-order valence-electron chi connectivity index (χ4n) is 3.44. The molecule has 1 saturated heterocycles. The monoisotopic (exact) mass is 369 g/mol. The Kier molecular flexibility index (Phi) is 5.07. The highest BCUT2D eigenvalue weighted by atomic mass is 35.5. The van der Waals surface area contributed by atoms with Crippen LogP contribution in [0.15, 0.2) is 12.1 Å². The summed E-state index contributed by atoms with van der Waals surface area (Å²) in [7, 11) is 0. The SMILES string of the molecule is CCCCC(=O)N1CCC2(CC1)CC(=O)c1cc(Cl)cc(Cl)c1O2. The molecule has 2 aliphatic heterocycles. The highest BCUT2D eigenvalue weighted by molar-refractivity contribution is 6.36. The molecule has 1 fully saturated rings. The minimum absolute atomic E-state index is 0.00593. The third-order valence-corrected chi connectivity index (χ3v) is 5.38. The Hall–Kier alpha value is -1.26. The van der Waals surface area contributed by atoms with Gasteiger partial charge in [0.05, 0.1) is 17.0 Å². The van der Waals surface area contributed by atoms with E-state index in [0.717, 1.165) is 12.8 Å². The van der Waals surface area contributed by atoms with Gasteiger partial charge in [-0.25, -0.2) is 0 Å². The minimum atomic E-state index is -0.552. The van der Waals surface area contributed by atoms with E-state index in [4.69, 9.17) is 27.9 Å². The van der Waals surface area contributed by atoms with Crippen molar-refractivity contribution in [1.82, 2.24) is 4.90 Å².